The Hall–Kier alpha value is -2.36. The lowest BCUT2D eigenvalue weighted by atomic mass is 9.76. The number of aryl methyl sites for hydroxylation is 1. The predicted octanol–water partition coefficient (Wildman–Crippen LogP) is 4.26. The van der Waals surface area contributed by atoms with Crippen molar-refractivity contribution in [2.75, 3.05) is 5.32 Å². The van der Waals surface area contributed by atoms with Crippen LogP contribution in [0.2, 0.25) is 0 Å². The third kappa shape index (κ3) is 2.89. The van der Waals surface area contributed by atoms with Gasteiger partial charge in [-0.15, -0.1) is 0 Å². The van der Waals surface area contributed by atoms with Crippen molar-refractivity contribution in [2.24, 2.45) is 0 Å². The van der Waals surface area contributed by atoms with Crippen molar-refractivity contribution < 1.29 is 4.92 Å². The second-order valence-electron chi connectivity index (χ2n) is 5.70. The smallest absolute Gasteiger partial charge is 0.292 e. The molecule has 0 spiro atoms. The van der Waals surface area contributed by atoms with E-state index < -0.39 is 0 Å². The fraction of sp³-hybridized carbons (Fsp3) is 0.294. The van der Waals surface area contributed by atoms with Gasteiger partial charge in [0.25, 0.3) is 5.69 Å². The van der Waals surface area contributed by atoms with E-state index in [0.29, 0.717) is 17.6 Å². The lowest BCUT2D eigenvalue weighted by Crippen LogP contribution is -2.34. The number of nitro groups is 1. The summed E-state index contributed by atoms with van der Waals surface area (Å²) in [6, 6.07) is 16.1. The van der Waals surface area contributed by atoms with Crippen LogP contribution in [0.1, 0.15) is 29.9 Å². The zero-order valence-corrected chi connectivity index (χ0v) is 12.0. The minimum absolute atomic E-state index is 0.165. The number of rotatable bonds is 4. The summed E-state index contributed by atoms with van der Waals surface area (Å²) in [5, 5.41) is 14.4. The van der Waals surface area contributed by atoms with Gasteiger partial charge in [0, 0.05) is 12.1 Å². The SMILES string of the molecule is Cc1ccc(NC2CC(c3ccccc3)C2)c([N+](=O)[O-])c1. The van der Waals surface area contributed by atoms with Gasteiger partial charge in [0.2, 0.25) is 0 Å². The second kappa shape index (κ2) is 5.56. The molecule has 1 saturated carbocycles. The van der Waals surface area contributed by atoms with Crippen molar-refractivity contribution in [3.63, 3.8) is 0 Å². The van der Waals surface area contributed by atoms with E-state index in [1.807, 2.05) is 25.1 Å². The Balaban J connectivity index is 1.66. The summed E-state index contributed by atoms with van der Waals surface area (Å²) in [7, 11) is 0. The summed E-state index contributed by atoms with van der Waals surface area (Å²) in [5.74, 6) is 0.563. The van der Waals surface area contributed by atoms with Gasteiger partial charge >= 0.3 is 0 Å². The molecule has 0 aromatic heterocycles. The van der Waals surface area contributed by atoms with E-state index in [9.17, 15) is 10.1 Å². The number of nitrogens with zero attached hydrogens (tertiary/aromatic N) is 1. The second-order valence-corrected chi connectivity index (χ2v) is 5.70. The molecule has 4 nitrogen and oxygen atoms in total. The van der Waals surface area contributed by atoms with Gasteiger partial charge < -0.3 is 5.32 Å². The molecule has 1 aliphatic rings. The van der Waals surface area contributed by atoms with E-state index in [1.54, 1.807) is 6.07 Å². The molecule has 21 heavy (non-hydrogen) atoms. The standard InChI is InChI=1S/C17H18N2O2/c1-12-7-8-16(17(9-12)19(20)21)18-15-10-14(11-15)13-5-3-2-4-6-13/h2-9,14-15,18H,10-11H2,1H3. The number of nitro benzene ring substituents is 1. The maximum absolute atomic E-state index is 11.1. The first-order chi connectivity index (χ1) is 10.1. The number of hydrogen-bond donors (Lipinski definition) is 1. The molecule has 0 unspecified atom stereocenters. The normalized spacial score (nSPS) is 20.6. The molecule has 3 rings (SSSR count). The molecule has 1 N–H and O–H groups in total. The third-order valence-corrected chi connectivity index (χ3v) is 4.12. The lowest BCUT2D eigenvalue weighted by molar-refractivity contribution is -0.384. The van der Waals surface area contributed by atoms with Crippen molar-refractivity contribution in [2.45, 2.75) is 31.7 Å². The highest BCUT2D eigenvalue weighted by atomic mass is 16.6. The van der Waals surface area contributed by atoms with Crippen molar-refractivity contribution in [1.82, 2.24) is 0 Å². The molecule has 0 atom stereocenters. The van der Waals surface area contributed by atoms with Gasteiger partial charge in [0.1, 0.15) is 5.69 Å². The van der Waals surface area contributed by atoms with Crippen LogP contribution in [0.4, 0.5) is 11.4 Å². The van der Waals surface area contributed by atoms with Gasteiger partial charge in [-0.3, -0.25) is 10.1 Å². The molecule has 0 saturated heterocycles. The van der Waals surface area contributed by atoms with Crippen molar-refractivity contribution in [1.29, 1.82) is 0 Å². The van der Waals surface area contributed by atoms with Gasteiger partial charge in [-0.2, -0.15) is 0 Å². The first kappa shape index (κ1) is 13.6. The van der Waals surface area contributed by atoms with Crippen LogP contribution < -0.4 is 5.32 Å². The van der Waals surface area contributed by atoms with Crippen LogP contribution in [0, 0.1) is 17.0 Å². The molecular formula is C17H18N2O2. The quantitative estimate of drug-likeness (QED) is 0.673. The molecule has 108 valence electrons. The van der Waals surface area contributed by atoms with Crippen molar-refractivity contribution >= 4 is 11.4 Å². The van der Waals surface area contributed by atoms with Crippen LogP contribution in [-0.4, -0.2) is 11.0 Å². The van der Waals surface area contributed by atoms with Crippen LogP contribution in [0.15, 0.2) is 48.5 Å². The van der Waals surface area contributed by atoms with E-state index in [1.165, 1.54) is 5.56 Å². The average molecular weight is 282 g/mol. The fourth-order valence-corrected chi connectivity index (χ4v) is 2.87. The highest BCUT2D eigenvalue weighted by molar-refractivity contribution is 5.63. The van der Waals surface area contributed by atoms with Crippen LogP contribution in [0.25, 0.3) is 0 Å². The van der Waals surface area contributed by atoms with Crippen LogP contribution >= 0.6 is 0 Å². The number of benzene rings is 2. The lowest BCUT2D eigenvalue weighted by Gasteiger charge is -2.36. The van der Waals surface area contributed by atoms with Crippen molar-refractivity contribution in [3.8, 4) is 0 Å². The Labute approximate surface area is 124 Å². The molecule has 2 aromatic rings. The first-order valence-corrected chi connectivity index (χ1v) is 7.20. The molecule has 2 aromatic carbocycles. The zero-order valence-electron chi connectivity index (χ0n) is 12.0. The molecule has 0 aliphatic heterocycles. The third-order valence-electron chi connectivity index (χ3n) is 4.12. The fourth-order valence-electron chi connectivity index (χ4n) is 2.87. The summed E-state index contributed by atoms with van der Waals surface area (Å²) in [5.41, 5.74) is 3.05. The largest absolute Gasteiger partial charge is 0.377 e. The minimum Gasteiger partial charge on any atom is -0.377 e. The monoisotopic (exact) mass is 282 g/mol. The molecule has 0 heterocycles. The molecule has 1 fully saturated rings. The maximum atomic E-state index is 11.1. The molecule has 4 heteroatoms. The van der Waals surface area contributed by atoms with E-state index in [4.69, 9.17) is 0 Å². The van der Waals surface area contributed by atoms with Gasteiger partial charge in [-0.05, 0) is 42.9 Å². The molecule has 1 aliphatic carbocycles. The Morgan fingerprint density at radius 1 is 1.14 bits per heavy atom. The number of nitrogens with one attached hydrogen (secondary N) is 1. The first-order valence-electron chi connectivity index (χ1n) is 7.20. The van der Waals surface area contributed by atoms with Crippen molar-refractivity contribution in [3.05, 3.63) is 69.8 Å². The highest BCUT2D eigenvalue weighted by Crippen LogP contribution is 2.39. The van der Waals surface area contributed by atoms with Gasteiger partial charge in [0.15, 0.2) is 0 Å². The van der Waals surface area contributed by atoms with Gasteiger partial charge in [-0.1, -0.05) is 36.4 Å². The molecule has 0 bridgehead atoms. The predicted molar refractivity (Wildman–Crippen MR) is 83.7 cm³/mol. The molecular weight excluding hydrogens is 264 g/mol. The average Bonchev–Trinajstić information content (AvgIpc) is 2.44. The summed E-state index contributed by atoms with van der Waals surface area (Å²) in [4.78, 5) is 10.8. The molecule has 0 amide bonds. The maximum Gasteiger partial charge on any atom is 0.292 e. The van der Waals surface area contributed by atoms with Crippen LogP contribution in [-0.2, 0) is 0 Å². The van der Waals surface area contributed by atoms with E-state index in [2.05, 4.69) is 29.6 Å². The van der Waals surface area contributed by atoms with E-state index >= 15 is 0 Å². The summed E-state index contributed by atoms with van der Waals surface area (Å²) in [6.07, 6.45) is 2.05. The Bertz CT molecular complexity index is 649. The summed E-state index contributed by atoms with van der Waals surface area (Å²) >= 11 is 0. The number of anilines is 1. The van der Waals surface area contributed by atoms with Crippen LogP contribution in [0.3, 0.4) is 0 Å². The highest BCUT2D eigenvalue weighted by Gasteiger charge is 2.31. The van der Waals surface area contributed by atoms with Crippen LogP contribution in [0.5, 0.6) is 0 Å². The Kier molecular flexibility index (Phi) is 3.60. The van der Waals surface area contributed by atoms with Gasteiger partial charge in [0.05, 0.1) is 4.92 Å². The zero-order chi connectivity index (χ0) is 14.8. The summed E-state index contributed by atoms with van der Waals surface area (Å²) < 4.78 is 0. The number of hydrogen-bond acceptors (Lipinski definition) is 3. The minimum atomic E-state index is -0.317. The Morgan fingerprint density at radius 2 is 1.86 bits per heavy atom. The summed E-state index contributed by atoms with van der Waals surface area (Å²) in [6.45, 7) is 1.87. The van der Waals surface area contributed by atoms with E-state index in [-0.39, 0.29) is 10.6 Å². The Morgan fingerprint density at radius 3 is 2.52 bits per heavy atom. The van der Waals surface area contributed by atoms with Gasteiger partial charge in [-0.25, -0.2) is 0 Å². The topological polar surface area (TPSA) is 55.2 Å². The van der Waals surface area contributed by atoms with E-state index in [0.717, 1.165) is 18.4 Å². The molecule has 0 radical (unpaired) electrons.